The molecule has 1 aliphatic rings. The van der Waals surface area contributed by atoms with Crippen LogP contribution in [0.2, 0.25) is 0 Å². The van der Waals surface area contributed by atoms with Crippen molar-refractivity contribution in [1.29, 1.82) is 0 Å². The van der Waals surface area contributed by atoms with Crippen molar-refractivity contribution in [1.82, 2.24) is 9.55 Å². The number of imidazole rings is 1. The van der Waals surface area contributed by atoms with Gasteiger partial charge in [0.15, 0.2) is 0 Å². The molecule has 1 aromatic heterocycles. The van der Waals surface area contributed by atoms with Crippen molar-refractivity contribution in [2.45, 2.75) is 25.0 Å². The first-order valence-corrected chi connectivity index (χ1v) is 4.66. The average molecular weight is 212 g/mol. The van der Waals surface area contributed by atoms with Crippen LogP contribution in [-0.4, -0.2) is 31.7 Å². The van der Waals surface area contributed by atoms with Crippen LogP contribution in [0, 0.1) is 10.1 Å². The van der Waals surface area contributed by atoms with E-state index in [1.165, 1.54) is 6.33 Å². The molecular formula is C8H12N4O3. The highest BCUT2D eigenvalue weighted by Crippen LogP contribution is 2.28. The number of nitrogens with two attached hydrogens (primary N) is 1. The van der Waals surface area contributed by atoms with Crippen molar-refractivity contribution in [3.63, 3.8) is 0 Å². The fourth-order valence-electron chi connectivity index (χ4n) is 1.83. The molecule has 2 heterocycles. The summed E-state index contributed by atoms with van der Waals surface area (Å²) in [6, 6.07) is 0. The van der Waals surface area contributed by atoms with Crippen molar-refractivity contribution >= 4 is 5.82 Å². The van der Waals surface area contributed by atoms with E-state index in [4.69, 9.17) is 5.73 Å². The number of rotatable bonds is 2. The highest BCUT2D eigenvalue weighted by Gasteiger charge is 2.36. The molecule has 0 saturated carbocycles. The molecule has 0 fully saturated rings. The molecule has 2 rings (SSSR count). The summed E-state index contributed by atoms with van der Waals surface area (Å²) < 4.78 is 1.70. The molecule has 1 atom stereocenters. The molecule has 0 radical (unpaired) electrons. The first-order valence-electron chi connectivity index (χ1n) is 4.66. The smallest absolute Gasteiger partial charge is 0.384 e. The van der Waals surface area contributed by atoms with Gasteiger partial charge < -0.3 is 25.5 Å². The van der Waals surface area contributed by atoms with Gasteiger partial charge in [-0.3, -0.25) is 0 Å². The van der Waals surface area contributed by atoms with Crippen LogP contribution >= 0.6 is 0 Å². The fourth-order valence-corrected chi connectivity index (χ4v) is 1.83. The van der Waals surface area contributed by atoms with Gasteiger partial charge in [-0.05, 0) is 16.3 Å². The Kier molecular flexibility index (Phi) is 2.20. The summed E-state index contributed by atoms with van der Waals surface area (Å²) in [4.78, 5) is 13.8. The second-order valence-electron chi connectivity index (χ2n) is 3.82. The third kappa shape index (κ3) is 1.59. The van der Waals surface area contributed by atoms with Crippen LogP contribution in [0.4, 0.5) is 5.82 Å². The summed E-state index contributed by atoms with van der Waals surface area (Å²) in [5.41, 5.74) is 4.87. The third-order valence-corrected chi connectivity index (χ3v) is 2.79. The van der Waals surface area contributed by atoms with E-state index < -0.39 is 10.5 Å². The minimum absolute atomic E-state index is 0.106. The van der Waals surface area contributed by atoms with Crippen LogP contribution in [-0.2, 0) is 13.0 Å². The van der Waals surface area contributed by atoms with E-state index in [2.05, 4.69) is 4.98 Å². The molecule has 0 bridgehead atoms. The molecule has 1 aromatic rings. The maximum atomic E-state index is 10.7. The molecule has 0 aromatic carbocycles. The zero-order valence-electron chi connectivity index (χ0n) is 8.09. The van der Waals surface area contributed by atoms with Crippen molar-refractivity contribution in [3.05, 3.63) is 22.1 Å². The van der Waals surface area contributed by atoms with E-state index in [-0.39, 0.29) is 18.8 Å². The number of hydrogen-bond donors (Lipinski definition) is 2. The van der Waals surface area contributed by atoms with Crippen LogP contribution < -0.4 is 5.73 Å². The van der Waals surface area contributed by atoms with Gasteiger partial charge in [0.2, 0.25) is 6.33 Å². The summed E-state index contributed by atoms with van der Waals surface area (Å²) in [7, 11) is 0. The van der Waals surface area contributed by atoms with E-state index >= 15 is 0 Å². The summed E-state index contributed by atoms with van der Waals surface area (Å²) in [5, 5.41) is 20.6. The Morgan fingerprint density at radius 1 is 1.80 bits per heavy atom. The summed E-state index contributed by atoms with van der Waals surface area (Å²) >= 11 is 0. The van der Waals surface area contributed by atoms with E-state index in [0.717, 1.165) is 0 Å². The Hall–Kier alpha value is -1.47. The topological polar surface area (TPSA) is 107 Å². The van der Waals surface area contributed by atoms with Gasteiger partial charge in [-0.1, -0.05) is 0 Å². The van der Waals surface area contributed by atoms with Crippen LogP contribution in [0.3, 0.4) is 0 Å². The van der Waals surface area contributed by atoms with E-state index in [0.29, 0.717) is 18.7 Å². The molecule has 15 heavy (non-hydrogen) atoms. The lowest BCUT2D eigenvalue weighted by Gasteiger charge is -2.30. The van der Waals surface area contributed by atoms with E-state index in [9.17, 15) is 15.2 Å². The van der Waals surface area contributed by atoms with Gasteiger partial charge in [0, 0.05) is 19.5 Å². The summed E-state index contributed by atoms with van der Waals surface area (Å²) in [5.74, 6) is -0.179. The number of fused-ring (bicyclic) bond motifs is 1. The Morgan fingerprint density at radius 2 is 2.53 bits per heavy atom. The standard InChI is InChI=1S/C8H12N4O3/c9-4-8(13)1-2-11-5-10-7(12(14)15)6(11)3-8/h5,13H,1-4,9H2. The number of hydrogen-bond acceptors (Lipinski definition) is 5. The predicted molar refractivity (Wildman–Crippen MR) is 51.2 cm³/mol. The lowest BCUT2D eigenvalue weighted by atomic mass is 9.91. The monoisotopic (exact) mass is 212 g/mol. The fraction of sp³-hybridized carbons (Fsp3) is 0.625. The lowest BCUT2D eigenvalue weighted by Crippen LogP contribution is -2.44. The molecule has 1 aliphatic heterocycles. The summed E-state index contributed by atoms with van der Waals surface area (Å²) in [6.45, 7) is 0.624. The molecule has 1 unspecified atom stereocenters. The van der Waals surface area contributed by atoms with E-state index in [1.54, 1.807) is 4.57 Å². The Labute approximate surface area is 85.7 Å². The van der Waals surface area contributed by atoms with Gasteiger partial charge in [-0.25, -0.2) is 0 Å². The second kappa shape index (κ2) is 3.28. The first kappa shape index (κ1) is 10.1. The Balaban J connectivity index is 2.38. The van der Waals surface area contributed by atoms with Crippen LogP contribution in [0.15, 0.2) is 6.33 Å². The molecule has 82 valence electrons. The van der Waals surface area contributed by atoms with Gasteiger partial charge in [0.1, 0.15) is 5.69 Å². The third-order valence-electron chi connectivity index (χ3n) is 2.79. The summed E-state index contributed by atoms with van der Waals surface area (Å²) in [6.07, 6.45) is 2.13. The van der Waals surface area contributed by atoms with Crippen molar-refractivity contribution < 1.29 is 10.0 Å². The number of aliphatic hydroxyl groups is 1. The molecule has 0 saturated heterocycles. The van der Waals surface area contributed by atoms with Crippen molar-refractivity contribution in [3.8, 4) is 0 Å². The number of nitro groups is 1. The average Bonchev–Trinajstić information content (AvgIpc) is 2.60. The molecule has 0 aliphatic carbocycles. The highest BCUT2D eigenvalue weighted by molar-refractivity contribution is 5.30. The molecule has 0 spiro atoms. The van der Waals surface area contributed by atoms with Crippen molar-refractivity contribution in [2.75, 3.05) is 6.54 Å². The van der Waals surface area contributed by atoms with Crippen molar-refractivity contribution in [2.24, 2.45) is 5.73 Å². The number of aryl methyl sites for hydroxylation is 1. The quantitative estimate of drug-likeness (QED) is 0.504. The minimum Gasteiger partial charge on any atom is -0.388 e. The Morgan fingerprint density at radius 3 is 3.13 bits per heavy atom. The molecule has 7 heteroatoms. The van der Waals surface area contributed by atoms with Gasteiger partial charge in [0.25, 0.3) is 0 Å². The minimum atomic E-state index is -1.03. The lowest BCUT2D eigenvalue weighted by molar-refractivity contribution is -0.390. The SMILES string of the molecule is NCC1(O)CCn2cnc([N+](=O)[O-])c2C1. The molecular weight excluding hydrogens is 200 g/mol. The second-order valence-corrected chi connectivity index (χ2v) is 3.82. The normalized spacial score (nSPS) is 24.9. The maximum Gasteiger partial charge on any atom is 0.384 e. The largest absolute Gasteiger partial charge is 0.388 e. The van der Waals surface area contributed by atoms with E-state index in [1.807, 2.05) is 0 Å². The number of nitrogens with zero attached hydrogens (tertiary/aromatic N) is 3. The Bertz CT molecular complexity index is 403. The van der Waals surface area contributed by atoms with Gasteiger partial charge in [-0.2, -0.15) is 0 Å². The molecule has 3 N–H and O–H groups in total. The maximum absolute atomic E-state index is 10.7. The number of aromatic nitrogens is 2. The predicted octanol–water partition coefficient (Wildman–Crippen LogP) is -0.573. The zero-order valence-corrected chi connectivity index (χ0v) is 8.09. The van der Waals surface area contributed by atoms with Gasteiger partial charge in [0.05, 0.1) is 5.60 Å². The first-order chi connectivity index (χ1) is 7.06. The van der Waals surface area contributed by atoms with Crippen LogP contribution in [0.5, 0.6) is 0 Å². The van der Waals surface area contributed by atoms with Gasteiger partial charge >= 0.3 is 5.82 Å². The molecule has 7 nitrogen and oxygen atoms in total. The zero-order chi connectivity index (χ0) is 11.1. The van der Waals surface area contributed by atoms with Crippen LogP contribution in [0.25, 0.3) is 0 Å². The van der Waals surface area contributed by atoms with Crippen LogP contribution in [0.1, 0.15) is 12.1 Å². The highest BCUT2D eigenvalue weighted by atomic mass is 16.6. The molecule has 0 amide bonds. The van der Waals surface area contributed by atoms with Gasteiger partial charge in [-0.15, -0.1) is 0 Å².